The van der Waals surface area contributed by atoms with E-state index in [4.69, 9.17) is 24.5 Å². The van der Waals surface area contributed by atoms with Gasteiger partial charge in [0.15, 0.2) is 23.0 Å². The number of likely N-dealkylation sites (tertiary alicyclic amines) is 1. The van der Waals surface area contributed by atoms with Crippen LogP contribution in [0.5, 0.6) is 0 Å². The number of rotatable bonds is 19. The average Bonchev–Trinajstić information content (AvgIpc) is 1.62. The van der Waals surface area contributed by atoms with Crippen molar-refractivity contribution in [2.75, 3.05) is 25.0 Å². The fourth-order valence-electron chi connectivity index (χ4n) is 11.3. The number of carbonyl (C=O) groups excluding carboxylic acids is 4. The molecule has 0 saturated carbocycles. The zero-order valence-electron chi connectivity index (χ0n) is 45.6. The van der Waals surface area contributed by atoms with Crippen molar-refractivity contribution in [3.05, 3.63) is 309 Å². The molecule has 3 atom stereocenters. The van der Waals surface area contributed by atoms with Crippen molar-refractivity contribution in [2.45, 2.75) is 47.5 Å². The highest BCUT2D eigenvalue weighted by atomic mass is 32.2. The maximum Gasteiger partial charge on any atom is 0.410 e. The number of β-lactam (4-membered cyclic amide) rings is 1. The number of benzene rings is 8. The van der Waals surface area contributed by atoms with Gasteiger partial charge in [-0.15, -0.1) is 23.1 Å². The van der Waals surface area contributed by atoms with E-state index in [2.05, 4.69) is 47.0 Å². The Morgan fingerprint density at radius 2 is 1.05 bits per heavy atom. The summed E-state index contributed by atoms with van der Waals surface area (Å²) >= 11 is 2.52. The Morgan fingerprint density at radius 3 is 1.51 bits per heavy atom. The van der Waals surface area contributed by atoms with Crippen LogP contribution in [-0.2, 0) is 39.8 Å². The third-order valence-corrected chi connectivity index (χ3v) is 17.4. The van der Waals surface area contributed by atoms with Crippen LogP contribution in [0.25, 0.3) is 0 Å². The maximum absolute atomic E-state index is 15.6. The molecule has 3 aliphatic heterocycles. The molecule has 2 fully saturated rings. The summed E-state index contributed by atoms with van der Waals surface area (Å²) in [5, 5.41) is 14.9. The average molecular weight is 1150 g/mol. The highest BCUT2D eigenvalue weighted by Crippen LogP contribution is 2.45. The monoisotopic (exact) mass is 1150 g/mol. The molecule has 84 heavy (non-hydrogen) atoms. The molecule has 9 aromatic rings. The first kappa shape index (κ1) is 55.0. The van der Waals surface area contributed by atoms with Gasteiger partial charge in [0, 0.05) is 40.7 Å². The minimum absolute atomic E-state index is 0.169. The molecule has 3 aliphatic rings. The summed E-state index contributed by atoms with van der Waals surface area (Å²) in [6.45, 7) is 0.870. The first-order valence-corrected chi connectivity index (χ1v) is 29.7. The number of nitrogens with zero attached hydrogens (tertiary/aromatic N) is 4. The topological polar surface area (TPSA) is 152 Å². The third kappa shape index (κ3) is 11.0. The highest BCUT2D eigenvalue weighted by molar-refractivity contribution is 8.03. The Bertz CT molecular complexity index is 3550. The quantitative estimate of drug-likeness (QED) is 0.0263. The number of fused-ring (bicyclic) bond motifs is 1. The van der Waals surface area contributed by atoms with E-state index in [0.717, 1.165) is 57.3 Å². The number of carbonyl (C=O) groups is 4. The Kier molecular flexibility index (Phi) is 16.3. The summed E-state index contributed by atoms with van der Waals surface area (Å²) in [5.74, 6) is -2.04. The number of esters is 1. The number of anilines is 1. The molecule has 0 bridgehead atoms. The smallest absolute Gasteiger partial charge is 0.410 e. The summed E-state index contributed by atoms with van der Waals surface area (Å²) in [7, 11) is 0. The lowest BCUT2D eigenvalue weighted by molar-refractivity contribution is -0.165. The fraction of sp³-hybridized carbons (Fsp3) is 0.159. The van der Waals surface area contributed by atoms with Crippen LogP contribution in [0.2, 0.25) is 0 Å². The number of aromatic nitrogens is 1. The predicted molar refractivity (Wildman–Crippen MR) is 327 cm³/mol. The number of nitrogens with one attached hydrogen (secondary N) is 2. The molecular formula is C69H58N6O7S2. The molecule has 0 spiro atoms. The zero-order chi connectivity index (χ0) is 57.3. The lowest BCUT2D eigenvalue weighted by atomic mass is 9.77. The first-order valence-electron chi connectivity index (χ1n) is 27.8. The lowest BCUT2D eigenvalue weighted by Gasteiger charge is -2.51. The normalized spacial score (nSPS) is 16.9. The number of oxime groups is 1. The van der Waals surface area contributed by atoms with Gasteiger partial charge in [0.1, 0.15) is 29.3 Å². The van der Waals surface area contributed by atoms with E-state index >= 15 is 9.59 Å². The molecule has 0 aliphatic carbocycles. The van der Waals surface area contributed by atoms with E-state index in [0.29, 0.717) is 23.8 Å². The van der Waals surface area contributed by atoms with Crippen LogP contribution in [0.4, 0.5) is 9.93 Å². The summed E-state index contributed by atoms with van der Waals surface area (Å²) in [6.07, 6.45) is 0.391. The number of hydrogen-bond donors (Lipinski definition) is 2. The first-order chi connectivity index (χ1) is 41.3. The van der Waals surface area contributed by atoms with Crippen molar-refractivity contribution in [1.29, 1.82) is 0 Å². The Hall–Kier alpha value is -9.57. The summed E-state index contributed by atoms with van der Waals surface area (Å²) in [5.41, 5.74) is 4.47. The van der Waals surface area contributed by atoms with Crippen molar-refractivity contribution in [3.8, 4) is 0 Å². The lowest BCUT2D eigenvalue weighted by Crippen LogP contribution is -2.74. The maximum atomic E-state index is 15.6. The van der Waals surface area contributed by atoms with Crippen LogP contribution in [0, 0.1) is 0 Å². The van der Waals surface area contributed by atoms with E-state index in [9.17, 15) is 9.59 Å². The molecule has 1 aromatic heterocycles. The van der Waals surface area contributed by atoms with Crippen molar-refractivity contribution in [1.82, 2.24) is 20.1 Å². The molecule has 8 aromatic carbocycles. The minimum Gasteiger partial charge on any atom is -0.451 e. The zero-order valence-corrected chi connectivity index (χ0v) is 47.2. The summed E-state index contributed by atoms with van der Waals surface area (Å²) in [4.78, 5) is 74.1. The second-order valence-corrected chi connectivity index (χ2v) is 22.4. The van der Waals surface area contributed by atoms with E-state index in [1.165, 1.54) is 28.0 Å². The Balaban J connectivity index is 0.925. The second kappa shape index (κ2) is 24.9. The minimum atomic E-state index is -1.40. The van der Waals surface area contributed by atoms with Gasteiger partial charge in [-0.25, -0.2) is 14.6 Å². The van der Waals surface area contributed by atoms with E-state index in [-0.39, 0.29) is 18.0 Å². The van der Waals surface area contributed by atoms with Gasteiger partial charge < -0.3 is 34.7 Å². The van der Waals surface area contributed by atoms with Crippen molar-refractivity contribution in [2.24, 2.45) is 5.16 Å². The van der Waals surface area contributed by atoms with Gasteiger partial charge in [-0.1, -0.05) is 248 Å². The van der Waals surface area contributed by atoms with Crippen molar-refractivity contribution in [3.63, 3.8) is 0 Å². The van der Waals surface area contributed by atoms with E-state index in [1.807, 2.05) is 206 Å². The molecule has 2 saturated heterocycles. The van der Waals surface area contributed by atoms with Gasteiger partial charge in [0.2, 0.25) is 11.5 Å². The van der Waals surface area contributed by atoms with E-state index < -0.39 is 58.6 Å². The van der Waals surface area contributed by atoms with Gasteiger partial charge >= 0.3 is 12.1 Å². The molecule has 0 radical (unpaired) electrons. The van der Waals surface area contributed by atoms with Crippen molar-refractivity contribution >= 4 is 57.8 Å². The molecule has 3 amide bonds. The van der Waals surface area contributed by atoms with Gasteiger partial charge in [0.05, 0.1) is 0 Å². The molecule has 13 nitrogen and oxygen atoms in total. The van der Waals surface area contributed by atoms with Gasteiger partial charge in [-0.05, 0) is 46.1 Å². The summed E-state index contributed by atoms with van der Waals surface area (Å²) in [6, 6.07) is 75.7. The molecule has 2 unspecified atom stereocenters. The molecular weight excluding hydrogens is 1090 g/mol. The standard InChI is InChI=1S/C69H58N6O7S2/c76-62(71-59-63(77)75-60(50(46-83-64(59)75)45-80-67(79)74-43-25-26-44-74)65(78)81-61(48-27-9-1-10-28-48)49-29-11-2-12-30-49)58(73-82-69(54-37-19-6-20-38-54,55-39-21-7-22-40-55)56-41-23-8-24-42-56)57-47-84-66(70-57)72-68(51-31-13-3-14-32-51,52-33-15-4-16-34-52)53-35-17-5-18-36-53/h1-24,27-42,46-47,59-61,64H,25-26,43-45H2,(H,70,72)(H,71,76)/b73-58-/t59?,60?,64-/m1/s1. The van der Waals surface area contributed by atoms with Crippen LogP contribution in [0.1, 0.15) is 69.1 Å². The number of amides is 3. The van der Waals surface area contributed by atoms with Gasteiger partial charge in [-0.3, -0.25) is 9.59 Å². The largest absolute Gasteiger partial charge is 0.451 e. The van der Waals surface area contributed by atoms with Crippen LogP contribution in [0.3, 0.4) is 0 Å². The predicted octanol–water partition coefficient (Wildman–Crippen LogP) is 12.5. The Morgan fingerprint density at radius 1 is 0.607 bits per heavy atom. The molecule has 4 heterocycles. The van der Waals surface area contributed by atoms with Crippen molar-refractivity contribution < 1.29 is 33.5 Å². The number of thiazole rings is 1. The molecule has 418 valence electrons. The molecule has 2 N–H and O–H groups in total. The van der Waals surface area contributed by atoms with Crippen LogP contribution in [-0.4, -0.2) is 81.5 Å². The Labute approximate surface area is 495 Å². The second-order valence-electron chi connectivity index (χ2n) is 20.5. The number of hydrogen-bond acceptors (Lipinski definition) is 12. The SMILES string of the molecule is O=C(NC1C(=O)N2C(C(=O)OC(c3ccccc3)c3ccccc3)C(COC(=O)N3CCCC3)=CS[C@H]12)/C(=N\OC(c1ccccc1)(c1ccccc1)c1ccccc1)c1csc(NC(c2ccccc2)(c2ccccc2)c2ccccc2)n1. The van der Waals surface area contributed by atoms with Gasteiger partial charge in [0.25, 0.3) is 5.91 Å². The highest BCUT2D eigenvalue weighted by Gasteiger charge is 2.57. The number of ether oxygens (including phenoxy) is 2. The summed E-state index contributed by atoms with van der Waals surface area (Å²) < 4.78 is 12.3. The van der Waals surface area contributed by atoms with Crippen LogP contribution in [0.15, 0.2) is 264 Å². The molecule has 12 rings (SSSR count). The van der Waals surface area contributed by atoms with E-state index in [1.54, 1.807) is 15.7 Å². The third-order valence-electron chi connectivity index (χ3n) is 15.4. The van der Waals surface area contributed by atoms with Crippen LogP contribution < -0.4 is 10.6 Å². The molecule has 15 heteroatoms. The fourth-order valence-corrected chi connectivity index (χ4v) is 13.3. The number of thioether (sulfide) groups is 1. The van der Waals surface area contributed by atoms with Gasteiger partial charge in [-0.2, -0.15) is 0 Å². The van der Waals surface area contributed by atoms with Crippen LogP contribution >= 0.6 is 23.1 Å².